The van der Waals surface area contributed by atoms with Crippen molar-refractivity contribution < 1.29 is 18.7 Å². The van der Waals surface area contributed by atoms with Crippen LogP contribution in [-0.4, -0.2) is 18.5 Å². The van der Waals surface area contributed by atoms with Gasteiger partial charge in [0, 0.05) is 0 Å². The van der Waals surface area contributed by atoms with E-state index in [2.05, 4.69) is 5.32 Å². The maximum Gasteiger partial charge on any atom is 0.310 e. The van der Waals surface area contributed by atoms with Gasteiger partial charge in [0.2, 0.25) is 0 Å². The molecule has 27 heavy (non-hydrogen) atoms. The maximum absolute atomic E-state index is 12.9. The molecule has 0 aliphatic carbocycles. The van der Waals surface area contributed by atoms with E-state index in [-0.39, 0.29) is 30.8 Å². The maximum atomic E-state index is 12.9. The molecule has 1 amide bonds. The van der Waals surface area contributed by atoms with Crippen LogP contribution < -0.4 is 5.32 Å². The van der Waals surface area contributed by atoms with Crippen LogP contribution in [0.5, 0.6) is 0 Å². The predicted molar refractivity (Wildman–Crippen MR) is 102 cm³/mol. The minimum atomic E-state index is -0.533. The molecule has 0 saturated carbocycles. The van der Waals surface area contributed by atoms with E-state index in [0.717, 1.165) is 16.3 Å². The Morgan fingerprint density at radius 3 is 2.48 bits per heavy atom. The number of hydrogen-bond donors (Lipinski definition) is 1. The molecule has 3 rings (SSSR count). The van der Waals surface area contributed by atoms with Crippen LogP contribution in [0.15, 0.2) is 66.7 Å². The van der Waals surface area contributed by atoms with Crippen molar-refractivity contribution in [2.75, 3.05) is 6.61 Å². The fourth-order valence-electron chi connectivity index (χ4n) is 2.95. The first kappa shape index (κ1) is 18.6. The molecule has 5 heteroatoms. The van der Waals surface area contributed by atoms with E-state index in [1.165, 1.54) is 24.3 Å². The van der Waals surface area contributed by atoms with Crippen molar-refractivity contribution in [3.05, 3.63) is 83.7 Å². The molecule has 0 bridgehead atoms. The second kappa shape index (κ2) is 8.45. The van der Waals surface area contributed by atoms with Gasteiger partial charge in [-0.2, -0.15) is 0 Å². The van der Waals surface area contributed by atoms with Crippen molar-refractivity contribution >= 4 is 22.6 Å². The van der Waals surface area contributed by atoms with Crippen LogP contribution in [0.1, 0.15) is 24.1 Å². The molecule has 4 nitrogen and oxygen atoms in total. The third-order valence-electron chi connectivity index (χ3n) is 4.29. The summed E-state index contributed by atoms with van der Waals surface area (Å²) >= 11 is 0. The second-order valence-electron chi connectivity index (χ2n) is 6.32. The molecule has 138 valence electrons. The van der Waals surface area contributed by atoms with Crippen LogP contribution >= 0.6 is 0 Å². The summed E-state index contributed by atoms with van der Waals surface area (Å²) in [6, 6.07) is 19.2. The fourth-order valence-corrected chi connectivity index (χ4v) is 2.95. The monoisotopic (exact) mass is 365 g/mol. The zero-order valence-electron chi connectivity index (χ0n) is 14.9. The van der Waals surface area contributed by atoms with Crippen LogP contribution in [0.2, 0.25) is 0 Å². The van der Waals surface area contributed by atoms with E-state index in [1.807, 2.05) is 49.4 Å². The number of hydrogen-bond acceptors (Lipinski definition) is 3. The molecule has 1 atom stereocenters. The van der Waals surface area contributed by atoms with Gasteiger partial charge in [0.25, 0.3) is 5.91 Å². The quantitative estimate of drug-likeness (QED) is 0.673. The molecule has 0 radical (unpaired) electrons. The van der Waals surface area contributed by atoms with Gasteiger partial charge < -0.3 is 10.1 Å². The Bertz CT molecular complexity index is 948. The highest BCUT2D eigenvalue weighted by atomic mass is 19.1. The third-order valence-corrected chi connectivity index (χ3v) is 4.29. The zero-order chi connectivity index (χ0) is 19.2. The van der Waals surface area contributed by atoms with Crippen LogP contribution in [0.25, 0.3) is 10.8 Å². The Kier molecular flexibility index (Phi) is 5.81. The number of esters is 1. The minimum absolute atomic E-state index is 0.00750. The van der Waals surface area contributed by atoms with Crippen molar-refractivity contribution in [1.82, 2.24) is 5.32 Å². The third kappa shape index (κ3) is 4.91. The first-order chi connectivity index (χ1) is 13.0. The molecule has 0 saturated heterocycles. The zero-order valence-corrected chi connectivity index (χ0v) is 14.9. The predicted octanol–water partition coefficient (Wildman–Crippen LogP) is 3.94. The second-order valence-corrected chi connectivity index (χ2v) is 6.32. The Labute approximate surface area is 157 Å². The van der Waals surface area contributed by atoms with Crippen molar-refractivity contribution in [2.24, 2.45) is 0 Å². The number of nitrogens with one attached hydrogen (secondary N) is 1. The summed E-state index contributed by atoms with van der Waals surface area (Å²) in [5.74, 6) is -1.27. The number of benzene rings is 3. The highest BCUT2D eigenvalue weighted by molar-refractivity contribution is 5.87. The number of carbonyl (C=O) groups excluding carboxylic acids is 2. The summed E-state index contributed by atoms with van der Waals surface area (Å²) in [7, 11) is 0. The van der Waals surface area contributed by atoms with Gasteiger partial charge in [0.15, 0.2) is 6.61 Å². The normalized spacial score (nSPS) is 11.8. The van der Waals surface area contributed by atoms with Gasteiger partial charge in [-0.25, -0.2) is 4.39 Å². The highest BCUT2D eigenvalue weighted by Gasteiger charge is 2.14. The molecule has 0 aliphatic heterocycles. The molecule has 0 aromatic heterocycles. The summed E-state index contributed by atoms with van der Waals surface area (Å²) in [5, 5.41) is 5.02. The average Bonchev–Trinajstić information content (AvgIpc) is 2.67. The number of rotatable bonds is 6. The average molecular weight is 365 g/mol. The molecule has 3 aromatic carbocycles. The molecule has 0 heterocycles. The largest absolute Gasteiger partial charge is 0.455 e. The number of halogens is 1. The van der Waals surface area contributed by atoms with E-state index in [9.17, 15) is 14.0 Å². The molecular weight excluding hydrogens is 345 g/mol. The molecule has 0 unspecified atom stereocenters. The van der Waals surface area contributed by atoms with Gasteiger partial charge in [0.1, 0.15) is 5.82 Å². The molecule has 3 aromatic rings. The first-order valence-corrected chi connectivity index (χ1v) is 8.70. The summed E-state index contributed by atoms with van der Waals surface area (Å²) in [6.45, 7) is 1.54. The summed E-state index contributed by atoms with van der Waals surface area (Å²) in [6.07, 6.45) is -0.00750. The fraction of sp³-hybridized carbons (Fsp3) is 0.182. The smallest absolute Gasteiger partial charge is 0.310 e. The SMILES string of the molecule is C[C@H](NC(=O)COC(=O)Cc1ccc(F)cc1)c1cccc2ccccc12. The van der Waals surface area contributed by atoms with Crippen molar-refractivity contribution in [2.45, 2.75) is 19.4 Å². The lowest BCUT2D eigenvalue weighted by molar-refractivity contribution is -0.148. The Morgan fingerprint density at radius 2 is 1.70 bits per heavy atom. The lowest BCUT2D eigenvalue weighted by Crippen LogP contribution is -2.31. The van der Waals surface area contributed by atoms with E-state index >= 15 is 0 Å². The minimum Gasteiger partial charge on any atom is -0.455 e. The number of fused-ring (bicyclic) bond motifs is 1. The lowest BCUT2D eigenvalue weighted by Gasteiger charge is -2.16. The molecule has 1 N–H and O–H groups in total. The topological polar surface area (TPSA) is 55.4 Å². The number of ether oxygens (including phenoxy) is 1. The van der Waals surface area contributed by atoms with Crippen molar-refractivity contribution in [3.8, 4) is 0 Å². The number of carbonyl (C=O) groups is 2. The van der Waals surface area contributed by atoms with Crippen LogP contribution in [0.3, 0.4) is 0 Å². The van der Waals surface area contributed by atoms with Gasteiger partial charge in [-0.15, -0.1) is 0 Å². The van der Waals surface area contributed by atoms with E-state index in [0.29, 0.717) is 5.56 Å². The molecule has 0 spiro atoms. The Hall–Kier alpha value is -3.21. The van der Waals surface area contributed by atoms with E-state index in [1.54, 1.807) is 0 Å². The van der Waals surface area contributed by atoms with Gasteiger partial charge in [-0.1, -0.05) is 54.6 Å². The lowest BCUT2D eigenvalue weighted by atomic mass is 10.00. The highest BCUT2D eigenvalue weighted by Crippen LogP contribution is 2.23. The van der Waals surface area contributed by atoms with Crippen LogP contribution in [0.4, 0.5) is 4.39 Å². The van der Waals surface area contributed by atoms with E-state index < -0.39 is 5.97 Å². The van der Waals surface area contributed by atoms with Crippen molar-refractivity contribution in [1.29, 1.82) is 0 Å². The Morgan fingerprint density at radius 1 is 1.00 bits per heavy atom. The van der Waals surface area contributed by atoms with Gasteiger partial charge in [-0.05, 0) is 41.0 Å². The Balaban J connectivity index is 1.54. The van der Waals surface area contributed by atoms with Gasteiger partial charge in [-0.3, -0.25) is 9.59 Å². The number of amides is 1. The molecule has 0 fully saturated rings. The van der Waals surface area contributed by atoms with E-state index in [4.69, 9.17) is 4.74 Å². The molecule has 0 aliphatic rings. The van der Waals surface area contributed by atoms with Crippen molar-refractivity contribution in [3.63, 3.8) is 0 Å². The summed E-state index contributed by atoms with van der Waals surface area (Å²) < 4.78 is 17.9. The summed E-state index contributed by atoms with van der Waals surface area (Å²) in [4.78, 5) is 24.0. The first-order valence-electron chi connectivity index (χ1n) is 8.70. The molecular formula is C22H20FNO3. The van der Waals surface area contributed by atoms with Crippen LogP contribution in [-0.2, 0) is 20.7 Å². The standard InChI is InChI=1S/C22H20FNO3/c1-15(19-8-4-6-17-5-2-3-7-20(17)19)24-21(25)14-27-22(26)13-16-9-11-18(23)12-10-16/h2-12,15H,13-14H2,1H3,(H,24,25)/t15-/m0/s1. The summed E-state index contributed by atoms with van der Waals surface area (Å²) in [5.41, 5.74) is 1.63. The van der Waals surface area contributed by atoms with Gasteiger partial charge in [0.05, 0.1) is 12.5 Å². The van der Waals surface area contributed by atoms with Gasteiger partial charge >= 0.3 is 5.97 Å². The van der Waals surface area contributed by atoms with Crippen LogP contribution in [0, 0.1) is 5.82 Å².